The van der Waals surface area contributed by atoms with Gasteiger partial charge in [-0.25, -0.2) is 4.98 Å². The molecule has 0 fully saturated rings. The van der Waals surface area contributed by atoms with Crippen molar-refractivity contribution in [1.29, 1.82) is 0 Å². The van der Waals surface area contributed by atoms with E-state index in [1.54, 1.807) is 18.2 Å². The fourth-order valence-electron chi connectivity index (χ4n) is 2.98. The number of rotatable bonds is 5. The zero-order valence-electron chi connectivity index (χ0n) is 15.6. The van der Waals surface area contributed by atoms with E-state index in [0.717, 1.165) is 11.1 Å². The number of carbonyl (C=O) groups is 1. The number of nitrogens with zero attached hydrogens (tertiary/aromatic N) is 3. The molecule has 0 bridgehead atoms. The number of anilines is 1. The fourth-order valence-corrected chi connectivity index (χ4v) is 3.15. The van der Waals surface area contributed by atoms with Crippen molar-refractivity contribution in [3.63, 3.8) is 0 Å². The molecule has 4 rings (SSSR count). The smallest absolute Gasteiger partial charge is 0.299 e. The highest BCUT2D eigenvalue weighted by molar-refractivity contribution is 6.31. The Hall–Kier alpha value is -3.45. The molecule has 29 heavy (non-hydrogen) atoms. The number of halogens is 1. The number of amides is 1. The van der Waals surface area contributed by atoms with Crippen LogP contribution in [0.2, 0.25) is 5.02 Å². The van der Waals surface area contributed by atoms with Gasteiger partial charge in [0.1, 0.15) is 11.2 Å². The Morgan fingerprint density at radius 2 is 1.97 bits per heavy atom. The highest BCUT2D eigenvalue weighted by atomic mass is 35.5. The zero-order valence-corrected chi connectivity index (χ0v) is 16.3. The van der Waals surface area contributed by atoms with Crippen LogP contribution >= 0.6 is 11.6 Å². The fraction of sp³-hybridized carbons (Fsp3) is 0.143. The second-order valence-corrected chi connectivity index (χ2v) is 6.94. The summed E-state index contributed by atoms with van der Waals surface area (Å²) < 4.78 is 6.59. The molecule has 1 amide bonds. The molecule has 8 heteroatoms. The van der Waals surface area contributed by atoms with E-state index >= 15 is 0 Å². The number of hydrogen-bond acceptors (Lipinski definition) is 5. The highest BCUT2D eigenvalue weighted by Crippen LogP contribution is 2.24. The summed E-state index contributed by atoms with van der Waals surface area (Å²) in [5.41, 5.74) is 2.85. The van der Waals surface area contributed by atoms with E-state index in [1.165, 1.54) is 10.9 Å². The molecule has 7 nitrogen and oxygen atoms in total. The van der Waals surface area contributed by atoms with Crippen molar-refractivity contribution in [2.45, 2.75) is 19.9 Å². The average molecular weight is 409 g/mol. The van der Waals surface area contributed by atoms with Crippen LogP contribution in [0.4, 0.5) is 5.69 Å². The molecule has 146 valence electrons. The van der Waals surface area contributed by atoms with Gasteiger partial charge in [-0.3, -0.25) is 14.2 Å². The quantitative estimate of drug-likeness (QED) is 0.538. The van der Waals surface area contributed by atoms with Crippen molar-refractivity contribution >= 4 is 34.3 Å². The van der Waals surface area contributed by atoms with E-state index in [0.29, 0.717) is 21.9 Å². The molecule has 0 saturated heterocycles. The Bertz CT molecular complexity index is 1250. The van der Waals surface area contributed by atoms with Crippen LogP contribution in [-0.4, -0.2) is 20.6 Å². The Morgan fingerprint density at radius 1 is 1.17 bits per heavy atom. The summed E-state index contributed by atoms with van der Waals surface area (Å²) in [5, 5.41) is 7.38. The van der Waals surface area contributed by atoms with Gasteiger partial charge in [0.2, 0.25) is 5.91 Å². The van der Waals surface area contributed by atoms with Crippen LogP contribution < -0.4 is 10.9 Å². The van der Waals surface area contributed by atoms with Gasteiger partial charge in [-0.05, 0) is 24.6 Å². The topological polar surface area (TPSA) is 90.0 Å². The van der Waals surface area contributed by atoms with Crippen LogP contribution in [0.3, 0.4) is 0 Å². The van der Waals surface area contributed by atoms with Crippen molar-refractivity contribution < 1.29 is 9.32 Å². The molecule has 0 radical (unpaired) electrons. The Kier molecular flexibility index (Phi) is 5.14. The molecule has 0 aliphatic rings. The van der Waals surface area contributed by atoms with Gasteiger partial charge in [0.05, 0.1) is 6.33 Å². The number of fused-ring (bicyclic) bond motifs is 1. The number of carbonyl (C=O) groups excluding carboxylic acids is 1. The largest absolute Gasteiger partial charge is 0.348 e. The van der Waals surface area contributed by atoms with Crippen LogP contribution in [0.1, 0.15) is 12.0 Å². The maximum absolute atomic E-state index is 12.7. The summed E-state index contributed by atoms with van der Waals surface area (Å²) in [6.07, 6.45) is 1.50. The lowest BCUT2D eigenvalue weighted by Crippen LogP contribution is -2.23. The summed E-state index contributed by atoms with van der Waals surface area (Å²) in [4.78, 5) is 29.3. The van der Waals surface area contributed by atoms with Crippen LogP contribution in [0.25, 0.3) is 22.4 Å². The third-order valence-electron chi connectivity index (χ3n) is 4.62. The first-order valence-corrected chi connectivity index (χ1v) is 9.37. The number of nitrogens with one attached hydrogen (secondary N) is 1. The molecular weight excluding hydrogens is 392 g/mol. The van der Waals surface area contributed by atoms with Gasteiger partial charge >= 0.3 is 0 Å². The lowest BCUT2D eigenvalue weighted by Gasteiger charge is -2.10. The monoisotopic (exact) mass is 408 g/mol. The molecular formula is C21H17ClN4O3. The summed E-state index contributed by atoms with van der Waals surface area (Å²) >= 11 is 6.07. The Morgan fingerprint density at radius 3 is 2.76 bits per heavy atom. The number of aryl methyl sites for hydroxylation is 1. The Labute approximate surface area is 170 Å². The van der Waals surface area contributed by atoms with E-state index < -0.39 is 0 Å². The van der Waals surface area contributed by atoms with Crippen LogP contribution in [-0.2, 0) is 11.3 Å². The second kappa shape index (κ2) is 7.89. The number of aromatic nitrogens is 3. The molecule has 0 aliphatic heterocycles. The molecule has 2 aromatic carbocycles. The van der Waals surface area contributed by atoms with Gasteiger partial charge in [-0.1, -0.05) is 53.2 Å². The minimum atomic E-state index is -0.378. The van der Waals surface area contributed by atoms with E-state index in [-0.39, 0.29) is 30.0 Å². The predicted molar refractivity (Wildman–Crippen MR) is 111 cm³/mol. The van der Waals surface area contributed by atoms with Gasteiger partial charge in [0, 0.05) is 29.2 Å². The summed E-state index contributed by atoms with van der Waals surface area (Å²) in [5.74, 6) is -0.232. The minimum Gasteiger partial charge on any atom is -0.348 e. The van der Waals surface area contributed by atoms with E-state index in [4.69, 9.17) is 16.1 Å². The van der Waals surface area contributed by atoms with Crippen molar-refractivity contribution in [2.24, 2.45) is 0 Å². The molecule has 0 saturated carbocycles. The zero-order chi connectivity index (χ0) is 20.4. The molecule has 0 atom stereocenters. The van der Waals surface area contributed by atoms with Gasteiger partial charge in [0.15, 0.2) is 0 Å². The summed E-state index contributed by atoms with van der Waals surface area (Å²) in [6, 6.07) is 14.7. The number of hydrogen-bond donors (Lipinski definition) is 1. The molecule has 0 unspecified atom stereocenters. The lowest BCUT2D eigenvalue weighted by atomic mass is 10.1. The minimum absolute atomic E-state index is 0.0671. The highest BCUT2D eigenvalue weighted by Gasteiger charge is 2.16. The standard InChI is InChI=1S/C21H17ClN4O3/c1-13-15(22)8-5-9-16(13)24-17(27)10-11-26-12-23-19-18(14-6-3-2-4-7-14)25-29-20(19)21(26)28/h2-9,12H,10-11H2,1H3,(H,24,27). The number of benzene rings is 2. The predicted octanol–water partition coefficient (Wildman–Crippen LogP) is 4.04. The van der Waals surface area contributed by atoms with Gasteiger partial charge in [-0.2, -0.15) is 0 Å². The Balaban J connectivity index is 1.52. The van der Waals surface area contributed by atoms with Crippen LogP contribution in [0.5, 0.6) is 0 Å². The molecule has 2 heterocycles. The van der Waals surface area contributed by atoms with E-state index in [1.807, 2.05) is 37.3 Å². The average Bonchev–Trinajstić information content (AvgIpc) is 3.16. The first kappa shape index (κ1) is 18.9. The molecule has 1 N–H and O–H groups in total. The second-order valence-electron chi connectivity index (χ2n) is 6.53. The van der Waals surface area contributed by atoms with Crippen LogP contribution in [0, 0.1) is 6.92 Å². The normalized spacial score (nSPS) is 11.0. The van der Waals surface area contributed by atoms with Gasteiger partial charge in [-0.15, -0.1) is 0 Å². The van der Waals surface area contributed by atoms with Crippen molar-refractivity contribution in [2.75, 3.05) is 5.32 Å². The molecule has 0 spiro atoms. The molecule has 0 aliphatic carbocycles. The molecule has 2 aromatic heterocycles. The van der Waals surface area contributed by atoms with Crippen molar-refractivity contribution in [3.05, 3.63) is 75.8 Å². The van der Waals surface area contributed by atoms with Crippen molar-refractivity contribution in [3.8, 4) is 11.3 Å². The summed E-state index contributed by atoms with van der Waals surface area (Å²) in [6.45, 7) is 1.99. The van der Waals surface area contributed by atoms with E-state index in [2.05, 4.69) is 15.5 Å². The maximum atomic E-state index is 12.7. The lowest BCUT2D eigenvalue weighted by molar-refractivity contribution is -0.116. The van der Waals surface area contributed by atoms with Crippen LogP contribution in [0.15, 0.2) is 64.2 Å². The SMILES string of the molecule is Cc1c(Cl)cccc1NC(=O)CCn1cnc2c(-c3ccccc3)noc2c1=O. The third-order valence-corrected chi connectivity index (χ3v) is 5.03. The van der Waals surface area contributed by atoms with Crippen molar-refractivity contribution in [1.82, 2.24) is 14.7 Å². The van der Waals surface area contributed by atoms with Gasteiger partial charge < -0.3 is 9.84 Å². The third kappa shape index (κ3) is 3.77. The van der Waals surface area contributed by atoms with E-state index in [9.17, 15) is 9.59 Å². The maximum Gasteiger partial charge on any atom is 0.299 e. The first-order chi connectivity index (χ1) is 14.0. The summed E-state index contributed by atoms with van der Waals surface area (Å²) in [7, 11) is 0. The molecule has 4 aromatic rings. The first-order valence-electron chi connectivity index (χ1n) is 9.00. The van der Waals surface area contributed by atoms with Gasteiger partial charge in [0.25, 0.3) is 11.1 Å².